The van der Waals surface area contributed by atoms with E-state index in [-0.39, 0.29) is 31.4 Å². The van der Waals surface area contributed by atoms with Crippen LogP contribution in [0, 0.1) is 0 Å². The Morgan fingerprint density at radius 2 is 2.16 bits per heavy atom. The van der Waals surface area contributed by atoms with E-state index in [9.17, 15) is 4.79 Å². The number of carbonyl (C=O) groups excluding carboxylic acids is 1. The van der Waals surface area contributed by atoms with Crippen molar-refractivity contribution < 1.29 is 19.0 Å². The lowest BCUT2D eigenvalue weighted by atomic mass is 10.0. The van der Waals surface area contributed by atoms with Crippen molar-refractivity contribution in [3.63, 3.8) is 0 Å². The highest BCUT2D eigenvalue weighted by Crippen LogP contribution is 2.30. The summed E-state index contributed by atoms with van der Waals surface area (Å²) in [7, 11) is 0. The lowest BCUT2D eigenvalue weighted by Gasteiger charge is -2.42. The van der Waals surface area contributed by atoms with E-state index in [2.05, 4.69) is 20.2 Å². The molecule has 0 radical (unpaired) electrons. The Labute approximate surface area is 215 Å². The minimum Gasteiger partial charge on any atom is -0.460 e. The summed E-state index contributed by atoms with van der Waals surface area (Å²) in [5, 5.41) is 7.07. The van der Waals surface area contributed by atoms with Gasteiger partial charge in [0.2, 0.25) is 0 Å². The van der Waals surface area contributed by atoms with Gasteiger partial charge >= 0.3 is 12.1 Å². The van der Waals surface area contributed by atoms with Crippen LogP contribution in [0.4, 0.5) is 10.6 Å². The van der Waals surface area contributed by atoms with Crippen molar-refractivity contribution in [3.8, 4) is 6.01 Å². The molecule has 3 aliphatic rings. The minimum absolute atomic E-state index is 0.0850. The summed E-state index contributed by atoms with van der Waals surface area (Å²) in [5.41, 5.74) is 11.7. The molecule has 2 bridgehead atoms. The summed E-state index contributed by atoms with van der Waals surface area (Å²) in [6.07, 6.45) is 1.54. The van der Waals surface area contributed by atoms with Gasteiger partial charge in [0.1, 0.15) is 18.5 Å². The molecular formula is C25H32N8O4. The number of amides is 1. The molecule has 2 unspecified atom stereocenters. The Morgan fingerprint density at radius 1 is 1.27 bits per heavy atom. The quantitative estimate of drug-likeness (QED) is 0.378. The second kappa shape index (κ2) is 12.1. The smallest absolute Gasteiger partial charge is 0.410 e. The molecule has 1 fully saturated rings. The van der Waals surface area contributed by atoms with Gasteiger partial charge in [-0.25, -0.2) is 4.79 Å². The molecule has 0 spiro atoms. The van der Waals surface area contributed by atoms with Gasteiger partial charge in [-0.3, -0.25) is 0 Å². The SMILES string of the molecule is [N-]=[N+]=NCC1CCCOCC2CN(C(=O)OCc3ccccc3)CCN2c2nc(nc3c2CCNC3)O1. The van der Waals surface area contributed by atoms with Crippen LogP contribution >= 0.6 is 0 Å². The van der Waals surface area contributed by atoms with Crippen molar-refractivity contribution in [1.29, 1.82) is 0 Å². The number of azide groups is 1. The van der Waals surface area contributed by atoms with Crippen LogP contribution in [-0.2, 0) is 29.0 Å². The fraction of sp³-hybridized carbons (Fsp3) is 0.560. The van der Waals surface area contributed by atoms with Crippen LogP contribution < -0.4 is 15.0 Å². The van der Waals surface area contributed by atoms with Gasteiger partial charge in [-0.05, 0) is 36.9 Å². The van der Waals surface area contributed by atoms with Crippen LogP contribution in [0.5, 0.6) is 6.01 Å². The monoisotopic (exact) mass is 508 g/mol. The first-order valence-electron chi connectivity index (χ1n) is 12.8. The van der Waals surface area contributed by atoms with Crippen LogP contribution in [0.25, 0.3) is 10.4 Å². The molecule has 12 nitrogen and oxygen atoms in total. The molecule has 2 atom stereocenters. The van der Waals surface area contributed by atoms with Gasteiger partial charge in [-0.1, -0.05) is 35.4 Å². The predicted molar refractivity (Wildman–Crippen MR) is 135 cm³/mol. The summed E-state index contributed by atoms with van der Waals surface area (Å²) in [6.45, 7) is 4.49. The van der Waals surface area contributed by atoms with E-state index < -0.39 is 0 Å². The van der Waals surface area contributed by atoms with E-state index in [4.69, 9.17) is 29.7 Å². The van der Waals surface area contributed by atoms with Crippen molar-refractivity contribution in [2.75, 3.05) is 50.8 Å². The fourth-order valence-electron chi connectivity index (χ4n) is 4.96. The zero-order chi connectivity index (χ0) is 25.5. The molecule has 0 aliphatic carbocycles. The fourth-order valence-corrected chi connectivity index (χ4v) is 4.96. The average molecular weight is 509 g/mol. The molecule has 1 saturated heterocycles. The number of hydrogen-bond acceptors (Lipinski definition) is 9. The number of fused-ring (bicyclic) bond motifs is 6. The van der Waals surface area contributed by atoms with E-state index in [0.717, 1.165) is 42.0 Å². The zero-order valence-electron chi connectivity index (χ0n) is 20.8. The Balaban J connectivity index is 1.37. The Hall–Kier alpha value is -3.60. The highest BCUT2D eigenvalue weighted by atomic mass is 16.6. The first-order valence-corrected chi connectivity index (χ1v) is 12.8. The number of hydrogen-bond donors (Lipinski definition) is 1. The lowest BCUT2D eigenvalue weighted by molar-refractivity contribution is 0.0640. The number of piperazine rings is 1. The normalized spacial score (nSPS) is 21.7. The van der Waals surface area contributed by atoms with E-state index in [0.29, 0.717) is 51.8 Å². The Kier molecular flexibility index (Phi) is 8.19. The molecule has 0 saturated carbocycles. The van der Waals surface area contributed by atoms with Gasteiger partial charge in [0.05, 0.1) is 24.9 Å². The summed E-state index contributed by atoms with van der Waals surface area (Å²) < 4.78 is 17.8. The number of nitrogens with one attached hydrogen (secondary N) is 1. The van der Waals surface area contributed by atoms with Crippen molar-refractivity contribution in [2.45, 2.75) is 44.6 Å². The molecule has 2 aromatic rings. The van der Waals surface area contributed by atoms with Crippen molar-refractivity contribution in [1.82, 2.24) is 20.2 Å². The lowest BCUT2D eigenvalue weighted by Crippen LogP contribution is -2.57. The molecule has 1 aromatic heterocycles. The second-order valence-electron chi connectivity index (χ2n) is 9.39. The van der Waals surface area contributed by atoms with E-state index in [1.807, 2.05) is 30.3 Å². The largest absolute Gasteiger partial charge is 0.460 e. The van der Waals surface area contributed by atoms with Gasteiger partial charge in [0.25, 0.3) is 0 Å². The van der Waals surface area contributed by atoms with Crippen molar-refractivity contribution in [2.24, 2.45) is 5.11 Å². The standard InChI is InChI=1S/C25H32N8O4/c26-31-28-13-20-7-4-12-35-17-19-15-32(25(34)36-16-18-5-2-1-3-6-18)10-11-33(19)23-21-8-9-27-14-22(21)29-24(30-23)37-20/h1-3,5-6,19-20,27H,4,7-17H2. The number of carbonyl (C=O) groups is 1. The number of nitrogens with zero attached hydrogens (tertiary/aromatic N) is 7. The van der Waals surface area contributed by atoms with Crippen molar-refractivity contribution in [3.05, 3.63) is 57.6 Å². The zero-order valence-corrected chi connectivity index (χ0v) is 20.8. The van der Waals surface area contributed by atoms with Crippen molar-refractivity contribution >= 4 is 11.9 Å². The molecule has 1 amide bonds. The van der Waals surface area contributed by atoms with Gasteiger partial charge in [-0.15, -0.1) is 0 Å². The summed E-state index contributed by atoms with van der Waals surface area (Å²) in [6, 6.07) is 9.88. The van der Waals surface area contributed by atoms with E-state index in [1.54, 1.807) is 4.90 Å². The first-order chi connectivity index (χ1) is 18.2. The molecule has 1 aromatic carbocycles. The number of anilines is 1. The van der Waals surface area contributed by atoms with E-state index >= 15 is 0 Å². The molecular weight excluding hydrogens is 476 g/mol. The number of ether oxygens (including phenoxy) is 3. The van der Waals surface area contributed by atoms with Gasteiger partial charge in [0, 0.05) is 43.3 Å². The number of benzene rings is 1. The van der Waals surface area contributed by atoms with Crippen LogP contribution in [0.1, 0.15) is 29.7 Å². The summed E-state index contributed by atoms with van der Waals surface area (Å²) in [5.74, 6) is 0.829. The van der Waals surface area contributed by atoms with Crippen LogP contribution in [0.2, 0.25) is 0 Å². The number of aromatic nitrogens is 2. The Bertz CT molecular complexity index is 1130. The maximum Gasteiger partial charge on any atom is 0.410 e. The molecule has 5 rings (SSSR count). The minimum atomic E-state index is -0.326. The molecule has 12 heteroatoms. The average Bonchev–Trinajstić information content (AvgIpc) is 2.93. The molecule has 1 N–H and O–H groups in total. The molecule has 196 valence electrons. The van der Waals surface area contributed by atoms with Crippen LogP contribution in [-0.4, -0.2) is 79.0 Å². The summed E-state index contributed by atoms with van der Waals surface area (Å²) >= 11 is 0. The topological polar surface area (TPSA) is 138 Å². The third-order valence-corrected chi connectivity index (χ3v) is 6.86. The molecule has 37 heavy (non-hydrogen) atoms. The van der Waals surface area contributed by atoms with E-state index in [1.165, 1.54) is 0 Å². The van der Waals surface area contributed by atoms with Gasteiger partial charge in [-0.2, -0.15) is 9.97 Å². The first kappa shape index (κ1) is 25.1. The summed E-state index contributed by atoms with van der Waals surface area (Å²) in [4.78, 5) is 29.3. The van der Waals surface area contributed by atoms with Gasteiger partial charge < -0.3 is 29.3 Å². The van der Waals surface area contributed by atoms with Crippen LogP contribution in [0.15, 0.2) is 35.4 Å². The van der Waals surface area contributed by atoms with Crippen LogP contribution in [0.3, 0.4) is 0 Å². The Morgan fingerprint density at radius 3 is 3.03 bits per heavy atom. The third kappa shape index (κ3) is 6.22. The maximum atomic E-state index is 12.9. The highest BCUT2D eigenvalue weighted by Gasteiger charge is 2.34. The van der Waals surface area contributed by atoms with Gasteiger partial charge in [0.15, 0.2) is 0 Å². The maximum absolute atomic E-state index is 12.9. The molecule has 3 aliphatic heterocycles. The molecule has 4 heterocycles. The highest BCUT2D eigenvalue weighted by molar-refractivity contribution is 5.68. The third-order valence-electron chi connectivity index (χ3n) is 6.86. The number of rotatable bonds is 4. The predicted octanol–water partition coefficient (Wildman–Crippen LogP) is 2.82. The second-order valence-corrected chi connectivity index (χ2v) is 9.39.